The largest absolute Gasteiger partial charge is 0.398 e. The number of carbonyl (C=O) groups is 1. The maximum Gasteiger partial charge on any atom is 0.301 e. The maximum atomic E-state index is 12.5. The summed E-state index contributed by atoms with van der Waals surface area (Å²) in [5.74, 6) is -0.679. The van der Waals surface area contributed by atoms with E-state index in [4.69, 9.17) is 16.2 Å². The highest BCUT2D eigenvalue weighted by molar-refractivity contribution is 7.88. The third-order valence-corrected chi connectivity index (χ3v) is 7.56. The van der Waals surface area contributed by atoms with Gasteiger partial charge in [-0.25, -0.2) is 9.71 Å². The normalized spacial score (nSPS) is 20.8. The number of ether oxygens (including phenoxy) is 1. The molecule has 9 N–H and O–H groups in total. The summed E-state index contributed by atoms with van der Waals surface area (Å²) in [7, 11) is -4.37. The van der Waals surface area contributed by atoms with Gasteiger partial charge in [-0.1, -0.05) is 31.2 Å². The van der Waals surface area contributed by atoms with Crippen molar-refractivity contribution >= 4 is 50.4 Å². The minimum absolute atomic E-state index is 0.0225. The van der Waals surface area contributed by atoms with Gasteiger partial charge in [-0.05, 0) is 36.2 Å². The SMILES string of the molecule is CCc1cccc(Nc2nc(N)c3ncn([C@@H]4O[C@H](CNS(=O)(=O)NC(=O)c5ccccc5N)[C@@H](O)[C@H]4O)c3n2)c1. The van der Waals surface area contributed by atoms with E-state index in [1.165, 1.54) is 29.1 Å². The number of rotatable bonds is 9. The molecule has 1 saturated heterocycles. The van der Waals surface area contributed by atoms with Gasteiger partial charge in [0.25, 0.3) is 5.91 Å². The number of nitrogens with two attached hydrogens (primary N) is 2. The van der Waals surface area contributed by atoms with Crippen molar-refractivity contribution in [1.82, 2.24) is 29.0 Å². The summed E-state index contributed by atoms with van der Waals surface area (Å²) >= 11 is 0. The number of benzene rings is 2. The predicted octanol–water partition coefficient (Wildman–Crippen LogP) is 0.180. The lowest BCUT2D eigenvalue weighted by molar-refractivity contribution is -0.0330. The fourth-order valence-corrected chi connectivity index (χ4v) is 5.22. The van der Waals surface area contributed by atoms with Crippen LogP contribution < -0.4 is 26.2 Å². The second kappa shape index (κ2) is 11.3. The van der Waals surface area contributed by atoms with Crippen LogP contribution in [0.15, 0.2) is 54.9 Å². The molecular weight excluding hydrogens is 554 g/mol. The first-order valence-corrected chi connectivity index (χ1v) is 14.1. The Morgan fingerprint density at radius 2 is 1.88 bits per heavy atom. The van der Waals surface area contributed by atoms with Crippen molar-refractivity contribution in [2.24, 2.45) is 0 Å². The number of nitrogen functional groups attached to an aromatic ring is 2. The first kappa shape index (κ1) is 28.2. The molecule has 4 aromatic rings. The zero-order chi connectivity index (χ0) is 29.3. The summed E-state index contributed by atoms with van der Waals surface area (Å²) in [5.41, 5.74) is 14.2. The van der Waals surface area contributed by atoms with Crippen LogP contribution in [-0.4, -0.2) is 68.9 Å². The van der Waals surface area contributed by atoms with Crippen molar-refractivity contribution in [3.8, 4) is 0 Å². The second-order valence-electron chi connectivity index (χ2n) is 9.35. The number of aliphatic hydroxyl groups is 2. The molecule has 216 valence electrons. The standard InChI is InChI=1S/C25H29N9O6S/c1-2-13-6-5-7-14(10-13)30-25-31-21(27)18-22(32-25)34(12-28-18)24-20(36)19(35)17(40-24)11-29-41(38,39)33-23(37)15-8-3-4-9-16(15)26/h3-10,12,17,19-20,24,29,35-36H,2,11,26H2,1H3,(H,33,37)(H3,27,30,31,32)/t17-,19-,20-,24-/m1/s1. The molecule has 16 heteroatoms. The Bertz CT molecular complexity index is 1700. The molecule has 0 unspecified atom stereocenters. The van der Waals surface area contributed by atoms with E-state index in [0.29, 0.717) is 0 Å². The van der Waals surface area contributed by atoms with Gasteiger partial charge in [-0.3, -0.25) is 9.36 Å². The van der Waals surface area contributed by atoms with E-state index in [-0.39, 0.29) is 34.2 Å². The second-order valence-corrected chi connectivity index (χ2v) is 10.9. The van der Waals surface area contributed by atoms with E-state index >= 15 is 0 Å². The zero-order valence-corrected chi connectivity index (χ0v) is 22.6. The van der Waals surface area contributed by atoms with Crippen molar-refractivity contribution in [3.05, 3.63) is 66.0 Å². The molecular formula is C25H29N9O6S. The number of aromatic nitrogens is 4. The molecule has 0 bridgehead atoms. The van der Waals surface area contributed by atoms with Crippen LogP contribution >= 0.6 is 0 Å². The summed E-state index contributed by atoms with van der Waals surface area (Å²) in [5, 5.41) is 24.5. The number of nitrogens with zero attached hydrogens (tertiary/aromatic N) is 4. The summed E-state index contributed by atoms with van der Waals surface area (Å²) < 4.78 is 36.2. The monoisotopic (exact) mass is 583 g/mol. The van der Waals surface area contributed by atoms with E-state index in [1.54, 1.807) is 6.07 Å². The van der Waals surface area contributed by atoms with Crippen molar-refractivity contribution in [2.45, 2.75) is 37.9 Å². The van der Waals surface area contributed by atoms with Crippen molar-refractivity contribution in [3.63, 3.8) is 0 Å². The quantitative estimate of drug-likeness (QED) is 0.131. The average molecular weight is 584 g/mol. The summed E-state index contributed by atoms with van der Waals surface area (Å²) in [6, 6.07) is 13.7. The number of aryl methyl sites for hydroxylation is 1. The Hall–Kier alpha value is -4.35. The van der Waals surface area contributed by atoms with Gasteiger partial charge in [0, 0.05) is 17.9 Å². The van der Waals surface area contributed by atoms with Gasteiger partial charge in [0.05, 0.1) is 11.9 Å². The molecule has 41 heavy (non-hydrogen) atoms. The molecule has 0 aliphatic carbocycles. The Kier molecular flexibility index (Phi) is 7.74. The van der Waals surface area contributed by atoms with E-state index in [2.05, 4.69) is 25.0 Å². The highest BCUT2D eigenvalue weighted by Crippen LogP contribution is 2.32. The maximum absolute atomic E-state index is 12.5. The fourth-order valence-electron chi connectivity index (χ4n) is 4.41. The Morgan fingerprint density at radius 3 is 2.63 bits per heavy atom. The highest BCUT2D eigenvalue weighted by Gasteiger charge is 2.44. The molecule has 0 saturated carbocycles. The first-order valence-electron chi connectivity index (χ1n) is 12.6. The van der Waals surface area contributed by atoms with Crippen LogP contribution in [-0.2, 0) is 21.4 Å². The van der Waals surface area contributed by atoms with Gasteiger partial charge in [0.15, 0.2) is 17.7 Å². The molecule has 1 amide bonds. The molecule has 0 radical (unpaired) electrons. The Labute approximate surface area is 234 Å². The number of imidazole rings is 1. The number of nitrogens with one attached hydrogen (secondary N) is 3. The summed E-state index contributed by atoms with van der Waals surface area (Å²) in [6.45, 7) is 1.57. The molecule has 1 aliphatic rings. The number of anilines is 4. The lowest BCUT2D eigenvalue weighted by Crippen LogP contribution is -2.45. The number of para-hydroxylation sites is 1. The number of amides is 1. The van der Waals surface area contributed by atoms with Gasteiger partial charge < -0.3 is 31.7 Å². The molecule has 15 nitrogen and oxygen atoms in total. The minimum Gasteiger partial charge on any atom is -0.398 e. The van der Waals surface area contributed by atoms with Crippen molar-refractivity contribution in [1.29, 1.82) is 0 Å². The Balaban J connectivity index is 1.31. The van der Waals surface area contributed by atoms with Crippen molar-refractivity contribution < 1.29 is 28.2 Å². The van der Waals surface area contributed by atoms with Crippen LogP contribution in [0.1, 0.15) is 29.1 Å². The third kappa shape index (κ3) is 5.91. The molecule has 5 rings (SSSR count). The number of aliphatic hydroxyl groups excluding tert-OH is 2. The summed E-state index contributed by atoms with van der Waals surface area (Å²) in [6.07, 6.45) is -3.17. The van der Waals surface area contributed by atoms with Crippen molar-refractivity contribution in [2.75, 3.05) is 23.3 Å². The van der Waals surface area contributed by atoms with E-state index in [0.717, 1.165) is 17.7 Å². The van der Waals surface area contributed by atoms with Gasteiger partial charge in [-0.2, -0.15) is 23.1 Å². The molecule has 2 aromatic carbocycles. The van der Waals surface area contributed by atoms with Gasteiger partial charge in [0.2, 0.25) is 5.95 Å². The van der Waals surface area contributed by atoms with Crippen LogP contribution in [0, 0.1) is 0 Å². The van der Waals surface area contributed by atoms with E-state index in [1.807, 2.05) is 35.9 Å². The Morgan fingerprint density at radius 1 is 1.10 bits per heavy atom. The first-order chi connectivity index (χ1) is 19.6. The topological polar surface area (TPSA) is 233 Å². The average Bonchev–Trinajstić information content (AvgIpc) is 3.48. The van der Waals surface area contributed by atoms with Crippen LogP contribution in [0.3, 0.4) is 0 Å². The van der Waals surface area contributed by atoms with Crippen LogP contribution in [0.2, 0.25) is 0 Å². The predicted molar refractivity (Wildman–Crippen MR) is 150 cm³/mol. The number of fused-ring (bicyclic) bond motifs is 1. The van der Waals surface area contributed by atoms with Crippen LogP contribution in [0.4, 0.5) is 23.1 Å². The van der Waals surface area contributed by atoms with Gasteiger partial charge >= 0.3 is 10.2 Å². The summed E-state index contributed by atoms with van der Waals surface area (Å²) in [4.78, 5) is 25.3. The molecule has 3 heterocycles. The molecule has 4 atom stereocenters. The van der Waals surface area contributed by atoms with E-state index < -0.39 is 47.2 Å². The molecule has 2 aromatic heterocycles. The highest BCUT2D eigenvalue weighted by atomic mass is 32.2. The zero-order valence-electron chi connectivity index (χ0n) is 21.8. The lowest BCUT2D eigenvalue weighted by Gasteiger charge is -2.17. The number of hydrogen-bond donors (Lipinski definition) is 7. The van der Waals surface area contributed by atoms with E-state index in [9.17, 15) is 23.4 Å². The molecule has 0 spiro atoms. The van der Waals surface area contributed by atoms with Crippen LogP contribution in [0.5, 0.6) is 0 Å². The molecule has 1 fully saturated rings. The number of hydrogen-bond acceptors (Lipinski definition) is 12. The smallest absolute Gasteiger partial charge is 0.301 e. The molecule has 1 aliphatic heterocycles. The van der Waals surface area contributed by atoms with Gasteiger partial charge in [0.1, 0.15) is 23.8 Å². The minimum atomic E-state index is -4.37. The van der Waals surface area contributed by atoms with Crippen LogP contribution in [0.25, 0.3) is 11.2 Å². The number of carbonyl (C=O) groups excluding carboxylic acids is 1. The fraction of sp³-hybridized carbons (Fsp3) is 0.280. The lowest BCUT2D eigenvalue weighted by atomic mass is 10.1. The van der Waals surface area contributed by atoms with Gasteiger partial charge in [-0.15, -0.1) is 0 Å². The third-order valence-electron chi connectivity index (χ3n) is 6.56.